The number of rotatable bonds is 6. The van der Waals surface area contributed by atoms with Gasteiger partial charge in [-0.15, -0.1) is 0 Å². The largest absolute Gasteiger partial charge is 0.315 e. The Balaban J connectivity index is 1.77. The van der Waals surface area contributed by atoms with Crippen LogP contribution in [-0.2, 0) is 13.5 Å². The van der Waals surface area contributed by atoms with Crippen molar-refractivity contribution in [1.29, 1.82) is 5.26 Å². The van der Waals surface area contributed by atoms with Gasteiger partial charge in [0.1, 0.15) is 0 Å². The summed E-state index contributed by atoms with van der Waals surface area (Å²) in [4.78, 5) is 0. The van der Waals surface area contributed by atoms with Gasteiger partial charge in [0.25, 0.3) is 0 Å². The van der Waals surface area contributed by atoms with Crippen molar-refractivity contribution in [2.75, 3.05) is 13.1 Å². The second-order valence-corrected chi connectivity index (χ2v) is 4.57. The van der Waals surface area contributed by atoms with Crippen molar-refractivity contribution in [2.45, 2.75) is 12.3 Å². The van der Waals surface area contributed by atoms with E-state index >= 15 is 0 Å². The zero-order valence-corrected chi connectivity index (χ0v) is 11.1. The topological polar surface area (TPSA) is 53.6 Å². The van der Waals surface area contributed by atoms with Crippen molar-refractivity contribution in [3.8, 4) is 6.07 Å². The number of aromatic nitrogens is 2. The van der Waals surface area contributed by atoms with Crippen LogP contribution < -0.4 is 5.32 Å². The second-order valence-electron chi connectivity index (χ2n) is 4.57. The molecule has 1 atom stereocenters. The Labute approximate surface area is 113 Å². The van der Waals surface area contributed by atoms with Gasteiger partial charge < -0.3 is 5.32 Å². The van der Waals surface area contributed by atoms with Crippen LogP contribution in [0.1, 0.15) is 17.0 Å². The highest BCUT2D eigenvalue weighted by Crippen LogP contribution is 2.12. The van der Waals surface area contributed by atoms with E-state index in [0.29, 0.717) is 6.54 Å². The van der Waals surface area contributed by atoms with Gasteiger partial charge in [-0.25, -0.2) is 0 Å². The smallest absolute Gasteiger partial charge is 0.0837 e. The van der Waals surface area contributed by atoms with E-state index in [4.69, 9.17) is 0 Å². The molecule has 0 bridgehead atoms. The van der Waals surface area contributed by atoms with Crippen molar-refractivity contribution in [2.24, 2.45) is 7.05 Å². The first-order valence-corrected chi connectivity index (χ1v) is 6.42. The summed E-state index contributed by atoms with van der Waals surface area (Å²) in [6, 6.07) is 12.2. The molecule has 4 nitrogen and oxygen atoms in total. The van der Waals surface area contributed by atoms with Crippen molar-refractivity contribution >= 4 is 0 Å². The standard InChI is InChI=1S/C15H18N4/c1-19-12-13(10-18-19)7-8-17-11-15(9-16)14-5-3-2-4-6-14/h2-6,10,12,15,17H,7-8,11H2,1H3. The number of aryl methyl sites for hydroxylation is 1. The molecule has 0 aliphatic carbocycles. The van der Waals surface area contributed by atoms with Gasteiger partial charge in [-0.2, -0.15) is 10.4 Å². The predicted molar refractivity (Wildman–Crippen MR) is 74.6 cm³/mol. The molecule has 0 radical (unpaired) electrons. The van der Waals surface area contributed by atoms with Crippen LogP contribution in [0.25, 0.3) is 0 Å². The molecule has 1 aromatic heterocycles. The summed E-state index contributed by atoms with van der Waals surface area (Å²) in [6.45, 7) is 1.54. The van der Waals surface area contributed by atoms with Crippen LogP contribution in [0.5, 0.6) is 0 Å². The lowest BCUT2D eigenvalue weighted by Crippen LogP contribution is -2.23. The van der Waals surface area contributed by atoms with Crippen LogP contribution in [0.3, 0.4) is 0 Å². The molecule has 1 aromatic carbocycles. The molecule has 98 valence electrons. The lowest BCUT2D eigenvalue weighted by atomic mass is 10.0. The quantitative estimate of drug-likeness (QED) is 0.801. The van der Waals surface area contributed by atoms with E-state index in [2.05, 4.69) is 16.5 Å². The van der Waals surface area contributed by atoms with E-state index in [0.717, 1.165) is 18.5 Å². The van der Waals surface area contributed by atoms with Gasteiger partial charge >= 0.3 is 0 Å². The third kappa shape index (κ3) is 3.94. The van der Waals surface area contributed by atoms with Crippen LogP contribution in [-0.4, -0.2) is 22.9 Å². The minimum Gasteiger partial charge on any atom is -0.315 e. The fourth-order valence-corrected chi connectivity index (χ4v) is 2.00. The summed E-state index contributed by atoms with van der Waals surface area (Å²) in [5.74, 6) is -0.0879. The molecular weight excluding hydrogens is 236 g/mol. The van der Waals surface area contributed by atoms with Gasteiger partial charge in [0, 0.05) is 19.8 Å². The third-order valence-electron chi connectivity index (χ3n) is 3.06. The summed E-state index contributed by atoms with van der Waals surface area (Å²) in [7, 11) is 1.91. The summed E-state index contributed by atoms with van der Waals surface area (Å²) in [5.41, 5.74) is 2.28. The van der Waals surface area contributed by atoms with E-state index < -0.39 is 0 Å². The summed E-state index contributed by atoms with van der Waals surface area (Å²) < 4.78 is 1.80. The van der Waals surface area contributed by atoms with Crippen LogP contribution in [0.4, 0.5) is 0 Å². The molecule has 2 aromatic rings. The fourth-order valence-electron chi connectivity index (χ4n) is 2.00. The molecule has 1 heterocycles. The molecule has 0 aliphatic rings. The minimum atomic E-state index is -0.0879. The highest BCUT2D eigenvalue weighted by atomic mass is 15.2. The number of hydrogen-bond donors (Lipinski definition) is 1. The molecule has 2 rings (SSSR count). The number of benzene rings is 1. The number of nitrogens with zero attached hydrogens (tertiary/aromatic N) is 3. The summed E-state index contributed by atoms with van der Waals surface area (Å²) >= 11 is 0. The Bertz CT molecular complexity index is 539. The fraction of sp³-hybridized carbons (Fsp3) is 0.333. The second kappa shape index (κ2) is 6.72. The van der Waals surface area contributed by atoms with E-state index in [9.17, 15) is 5.26 Å². The van der Waals surface area contributed by atoms with E-state index in [1.807, 2.05) is 49.8 Å². The first kappa shape index (κ1) is 13.3. The van der Waals surface area contributed by atoms with Gasteiger partial charge in [0.2, 0.25) is 0 Å². The summed E-state index contributed by atoms with van der Waals surface area (Å²) in [5, 5.41) is 16.7. The maximum atomic E-state index is 9.20. The number of hydrogen-bond acceptors (Lipinski definition) is 3. The zero-order valence-electron chi connectivity index (χ0n) is 11.1. The zero-order chi connectivity index (χ0) is 13.5. The Morgan fingerprint density at radius 2 is 2.16 bits per heavy atom. The van der Waals surface area contributed by atoms with Crippen LogP contribution >= 0.6 is 0 Å². The predicted octanol–water partition coefficient (Wildman–Crippen LogP) is 1.86. The van der Waals surface area contributed by atoms with Crippen molar-refractivity contribution in [1.82, 2.24) is 15.1 Å². The molecule has 4 heteroatoms. The van der Waals surface area contributed by atoms with E-state index in [-0.39, 0.29) is 5.92 Å². The van der Waals surface area contributed by atoms with Gasteiger partial charge in [-0.05, 0) is 24.1 Å². The molecule has 1 N–H and O–H groups in total. The van der Waals surface area contributed by atoms with E-state index in [1.54, 1.807) is 4.68 Å². The van der Waals surface area contributed by atoms with Crippen LogP contribution in [0.15, 0.2) is 42.7 Å². The minimum absolute atomic E-state index is 0.0879. The third-order valence-corrected chi connectivity index (χ3v) is 3.06. The highest BCUT2D eigenvalue weighted by molar-refractivity contribution is 5.25. The highest BCUT2D eigenvalue weighted by Gasteiger charge is 2.08. The molecular formula is C15H18N4. The molecule has 0 saturated carbocycles. The van der Waals surface area contributed by atoms with Crippen molar-refractivity contribution < 1.29 is 0 Å². The van der Waals surface area contributed by atoms with Crippen molar-refractivity contribution in [3.05, 3.63) is 53.9 Å². The Hall–Kier alpha value is -2.12. The van der Waals surface area contributed by atoms with Crippen LogP contribution in [0, 0.1) is 11.3 Å². The molecule has 0 saturated heterocycles. The summed E-state index contributed by atoms with van der Waals surface area (Å²) in [6.07, 6.45) is 4.82. The first-order valence-electron chi connectivity index (χ1n) is 6.42. The van der Waals surface area contributed by atoms with Gasteiger partial charge in [0.15, 0.2) is 0 Å². The van der Waals surface area contributed by atoms with Crippen LogP contribution in [0.2, 0.25) is 0 Å². The Morgan fingerprint density at radius 3 is 2.79 bits per heavy atom. The van der Waals surface area contributed by atoms with Gasteiger partial charge in [0.05, 0.1) is 18.2 Å². The SMILES string of the molecule is Cn1cc(CCNCC(C#N)c2ccccc2)cn1. The number of nitriles is 1. The molecule has 0 amide bonds. The first-order chi connectivity index (χ1) is 9.29. The molecule has 0 fully saturated rings. The maximum Gasteiger partial charge on any atom is 0.0837 e. The Kier molecular flexibility index (Phi) is 4.71. The Morgan fingerprint density at radius 1 is 1.37 bits per heavy atom. The lowest BCUT2D eigenvalue weighted by molar-refractivity contribution is 0.649. The lowest BCUT2D eigenvalue weighted by Gasteiger charge is -2.10. The van der Waals surface area contributed by atoms with Gasteiger partial charge in [-0.1, -0.05) is 30.3 Å². The van der Waals surface area contributed by atoms with Gasteiger partial charge in [-0.3, -0.25) is 4.68 Å². The average Bonchev–Trinajstić information content (AvgIpc) is 2.86. The van der Waals surface area contributed by atoms with E-state index in [1.165, 1.54) is 5.56 Å². The molecule has 19 heavy (non-hydrogen) atoms. The normalized spacial score (nSPS) is 12.0. The monoisotopic (exact) mass is 254 g/mol. The molecule has 1 unspecified atom stereocenters. The van der Waals surface area contributed by atoms with Crippen molar-refractivity contribution in [3.63, 3.8) is 0 Å². The molecule has 0 spiro atoms. The average molecular weight is 254 g/mol. The number of nitrogens with one attached hydrogen (secondary N) is 1. The molecule has 0 aliphatic heterocycles. The maximum absolute atomic E-state index is 9.20.